The molecule has 1 atom stereocenters. The number of benzene rings is 1. The first kappa shape index (κ1) is 15.1. The van der Waals surface area contributed by atoms with Crippen LogP contribution in [0.5, 0.6) is 0 Å². The summed E-state index contributed by atoms with van der Waals surface area (Å²) in [6.07, 6.45) is -1.20. The van der Waals surface area contributed by atoms with Crippen LogP contribution in [-0.4, -0.2) is 28.3 Å². The Morgan fingerprint density at radius 1 is 1.14 bits per heavy atom. The second kappa shape index (κ2) is 5.57. The van der Waals surface area contributed by atoms with Crippen molar-refractivity contribution in [3.63, 3.8) is 0 Å². The van der Waals surface area contributed by atoms with Crippen LogP contribution in [0, 0.1) is 6.92 Å². The Morgan fingerprint density at radius 2 is 1.71 bits per heavy atom. The molecule has 21 heavy (non-hydrogen) atoms. The summed E-state index contributed by atoms with van der Waals surface area (Å²) in [7, 11) is 3.46. The smallest absolute Gasteiger partial charge is 0.338 e. The predicted octanol–water partition coefficient (Wildman–Crippen LogP) is 0.884. The molecule has 1 heterocycles. The Balaban J connectivity index is 2.96. The van der Waals surface area contributed by atoms with Crippen LogP contribution >= 0.6 is 0 Å². The largest absolute Gasteiger partial charge is 0.373 e. The van der Waals surface area contributed by atoms with Gasteiger partial charge in [-0.3, -0.25) is 9.36 Å². The van der Waals surface area contributed by atoms with E-state index in [0.29, 0.717) is 17.1 Å². The molecule has 0 saturated carbocycles. The number of anilines is 1. The molecule has 0 fully saturated rings. The van der Waals surface area contributed by atoms with Crippen molar-refractivity contribution in [3.8, 4) is 5.69 Å². The second-order valence-electron chi connectivity index (χ2n) is 5.09. The number of rotatable bonds is 3. The van der Waals surface area contributed by atoms with E-state index in [2.05, 4.69) is 0 Å². The minimum atomic E-state index is -1.20. The Bertz CT molecular complexity index is 758. The third-order valence-electron chi connectivity index (χ3n) is 3.33. The maximum absolute atomic E-state index is 12.6. The number of hydrogen-bond donors (Lipinski definition) is 1. The third kappa shape index (κ3) is 2.50. The summed E-state index contributed by atoms with van der Waals surface area (Å²) in [4.78, 5) is 26.6. The molecular weight excluding hydrogens is 270 g/mol. The van der Waals surface area contributed by atoms with Crippen molar-refractivity contribution >= 4 is 5.69 Å². The van der Waals surface area contributed by atoms with Crippen LogP contribution in [0.3, 0.4) is 0 Å². The number of para-hydroxylation sites is 1. The van der Waals surface area contributed by atoms with Gasteiger partial charge in [0.1, 0.15) is 11.9 Å². The third-order valence-corrected chi connectivity index (χ3v) is 3.33. The van der Waals surface area contributed by atoms with E-state index >= 15 is 0 Å². The summed E-state index contributed by atoms with van der Waals surface area (Å²) in [5, 5.41) is 9.78. The lowest BCUT2D eigenvalue weighted by molar-refractivity contribution is 0.114. The first-order valence-electron chi connectivity index (χ1n) is 6.65. The second-order valence-corrected chi connectivity index (χ2v) is 5.09. The molecule has 112 valence electrons. The highest BCUT2D eigenvalue weighted by atomic mass is 16.3. The molecule has 2 rings (SSSR count). The fourth-order valence-electron chi connectivity index (χ4n) is 2.44. The monoisotopic (exact) mass is 289 g/mol. The lowest BCUT2D eigenvalue weighted by atomic mass is 10.2. The van der Waals surface area contributed by atoms with Gasteiger partial charge in [-0.2, -0.15) is 0 Å². The van der Waals surface area contributed by atoms with Gasteiger partial charge in [-0.15, -0.1) is 0 Å². The zero-order valence-electron chi connectivity index (χ0n) is 12.6. The lowest BCUT2D eigenvalue weighted by Gasteiger charge is -2.22. The van der Waals surface area contributed by atoms with E-state index in [1.807, 2.05) is 18.2 Å². The van der Waals surface area contributed by atoms with Gasteiger partial charge in [0.05, 0.1) is 11.4 Å². The van der Waals surface area contributed by atoms with Crippen molar-refractivity contribution in [2.75, 3.05) is 19.0 Å². The van der Waals surface area contributed by atoms with E-state index in [4.69, 9.17) is 0 Å². The lowest BCUT2D eigenvalue weighted by Crippen LogP contribution is -2.44. The van der Waals surface area contributed by atoms with E-state index in [0.717, 1.165) is 4.57 Å². The first-order chi connectivity index (χ1) is 9.86. The van der Waals surface area contributed by atoms with Crippen molar-refractivity contribution in [3.05, 3.63) is 56.9 Å². The van der Waals surface area contributed by atoms with Crippen molar-refractivity contribution < 1.29 is 5.11 Å². The van der Waals surface area contributed by atoms with E-state index in [-0.39, 0.29) is 0 Å². The maximum atomic E-state index is 12.6. The molecule has 0 bridgehead atoms. The van der Waals surface area contributed by atoms with Gasteiger partial charge >= 0.3 is 5.69 Å². The van der Waals surface area contributed by atoms with Crippen LogP contribution in [0.2, 0.25) is 0 Å². The molecule has 1 N–H and O–H groups in total. The van der Waals surface area contributed by atoms with Crippen LogP contribution < -0.4 is 16.1 Å². The van der Waals surface area contributed by atoms with Crippen molar-refractivity contribution in [1.82, 2.24) is 9.13 Å². The Labute approximate surface area is 122 Å². The summed E-state index contributed by atoms with van der Waals surface area (Å²) >= 11 is 0. The summed E-state index contributed by atoms with van der Waals surface area (Å²) in [5.41, 5.74) is 0.518. The van der Waals surface area contributed by atoms with Gasteiger partial charge in [-0.25, -0.2) is 9.36 Å². The molecule has 0 saturated heterocycles. The van der Waals surface area contributed by atoms with Gasteiger partial charge in [0.15, 0.2) is 0 Å². The summed E-state index contributed by atoms with van der Waals surface area (Å²) in [6.45, 7) is 3.12. The fraction of sp³-hybridized carbons (Fsp3) is 0.333. The van der Waals surface area contributed by atoms with Crippen LogP contribution in [-0.2, 0) is 0 Å². The molecule has 2 aromatic rings. The highest BCUT2D eigenvalue weighted by Crippen LogP contribution is 2.15. The minimum absolute atomic E-state index is 0.374. The van der Waals surface area contributed by atoms with Crippen molar-refractivity contribution in [2.45, 2.75) is 20.1 Å². The van der Waals surface area contributed by atoms with Gasteiger partial charge in [0, 0.05) is 14.1 Å². The zero-order chi connectivity index (χ0) is 15.7. The average Bonchev–Trinajstić information content (AvgIpc) is 2.38. The Hall–Kier alpha value is -2.34. The molecular formula is C15H19N3O3. The van der Waals surface area contributed by atoms with Crippen LogP contribution in [0.1, 0.15) is 18.8 Å². The highest BCUT2D eigenvalue weighted by molar-refractivity contribution is 5.50. The summed E-state index contributed by atoms with van der Waals surface area (Å²) in [6, 6.07) is 9.04. The Kier molecular flexibility index (Phi) is 3.99. The van der Waals surface area contributed by atoms with Gasteiger partial charge in [0.25, 0.3) is 5.56 Å². The average molecular weight is 289 g/mol. The minimum Gasteiger partial charge on any atom is -0.373 e. The maximum Gasteiger partial charge on any atom is 0.338 e. The molecule has 6 nitrogen and oxygen atoms in total. The number of aliphatic hydroxyl groups is 1. The van der Waals surface area contributed by atoms with Gasteiger partial charge in [0.2, 0.25) is 0 Å². The topological polar surface area (TPSA) is 67.5 Å². The molecule has 0 aliphatic heterocycles. The zero-order valence-corrected chi connectivity index (χ0v) is 12.6. The van der Waals surface area contributed by atoms with Crippen molar-refractivity contribution in [2.24, 2.45) is 0 Å². The van der Waals surface area contributed by atoms with E-state index in [9.17, 15) is 14.7 Å². The van der Waals surface area contributed by atoms with E-state index < -0.39 is 17.5 Å². The van der Waals surface area contributed by atoms with Crippen LogP contribution in [0.15, 0.2) is 39.9 Å². The SMILES string of the molecule is Cc1c(N(C)C)c(=O)n(C(C)O)c(=O)n1-c1ccccc1. The highest BCUT2D eigenvalue weighted by Gasteiger charge is 2.20. The summed E-state index contributed by atoms with van der Waals surface area (Å²) in [5.74, 6) is 0. The van der Waals surface area contributed by atoms with Crippen LogP contribution in [0.4, 0.5) is 5.69 Å². The normalized spacial score (nSPS) is 12.2. The molecule has 1 unspecified atom stereocenters. The quantitative estimate of drug-likeness (QED) is 0.911. The molecule has 1 aromatic heterocycles. The van der Waals surface area contributed by atoms with Crippen LogP contribution in [0.25, 0.3) is 5.69 Å². The molecule has 0 radical (unpaired) electrons. The molecule has 6 heteroatoms. The molecule has 0 aliphatic rings. The predicted molar refractivity (Wildman–Crippen MR) is 82.3 cm³/mol. The van der Waals surface area contributed by atoms with Crippen molar-refractivity contribution in [1.29, 1.82) is 0 Å². The number of nitrogens with zero attached hydrogens (tertiary/aromatic N) is 3. The molecule has 0 amide bonds. The van der Waals surface area contributed by atoms with Gasteiger partial charge < -0.3 is 10.0 Å². The molecule has 1 aromatic carbocycles. The Morgan fingerprint density at radius 3 is 2.19 bits per heavy atom. The number of hydrogen-bond acceptors (Lipinski definition) is 4. The van der Waals surface area contributed by atoms with Gasteiger partial charge in [-0.05, 0) is 26.0 Å². The van der Waals surface area contributed by atoms with Gasteiger partial charge in [-0.1, -0.05) is 18.2 Å². The fourth-order valence-corrected chi connectivity index (χ4v) is 2.44. The first-order valence-corrected chi connectivity index (χ1v) is 6.65. The number of aromatic nitrogens is 2. The molecule has 0 spiro atoms. The number of aliphatic hydroxyl groups excluding tert-OH is 1. The standard InChI is InChI=1S/C15H19N3O3/c1-10-13(16(3)4)14(20)18(11(2)19)15(21)17(10)12-8-6-5-7-9-12/h5-9,11,19H,1-4H3. The van der Waals surface area contributed by atoms with E-state index in [1.54, 1.807) is 38.1 Å². The summed E-state index contributed by atoms with van der Waals surface area (Å²) < 4.78 is 2.29. The molecule has 0 aliphatic carbocycles. The van der Waals surface area contributed by atoms with E-state index in [1.165, 1.54) is 11.5 Å².